The third-order valence-corrected chi connectivity index (χ3v) is 5.72. The molecule has 2 amide bonds. The van der Waals surface area contributed by atoms with Crippen LogP contribution in [0.3, 0.4) is 0 Å². The highest BCUT2D eigenvalue weighted by molar-refractivity contribution is 6.31. The second-order valence-electron chi connectivity index (χ2n) is 9.47. The molecular formula is C24H32ClN5O3. The van der Waals surface area contributed by atoms with Gasteiger partial charge in [0.25, 0.3) is 5.91 Å². The first-order chi connectivity index (χ1) is 15.4. The Labute approximate surface area is 200 Å². The summed E-state index contributed by atoms with van der Waals surface area (Å²) >= 11 is 6.38. The summed E-state index contributed by atoms with van der Waals surface area (Å²) in [4.78, 5) is 37.3. The van der Waals surface area contributed by atoms with Crippen molar-refractivity contribution in [1.29, 1.82) is 0 Å². The summed E-state index contributed by atoms with van der Waals surface area (Å²) in [5, 5.41) is 3.47. The van der Waals surface area contributed by atoms with Crippen LogP contribution < -0.4 is 5.32 Å². The molecule has 3 rings (SSSR count). The number of piperazine rings is 1. The number of ether oxygens (including phenoxy) is 1. The first-order valence-corrected chi connectivity index (χ1v) is 11.4. The summed E-state index contributed by atoms with van der Waals surface area (Å²) in [6.45, 7) is 14.1. The van der Waals surface area contributed by atoms with Gasteiger partial charge in [0, 0.05) is 55.3 Å². The van der Waals surface area contributed by atoms with Crippen molar-refractivity contribution in [1.82, 2.24) is 19.8 Å². The van der Waals surface area contributed by atoms with E-state index in [9.17, 15) is 9.59 Å². The normalized spacial score (nSPS) is 17.1. The van der Waals surface area contributed by atoms with Gasteiger partial charge in [-0.3, -0.25) is 9.69 Å². The fourth-order valence-electron chi connectivity index (χ4n) is 3.74. The molecule has 1 aromatic carbocycles. The quantitative estimate of drug-likeness (QED) is 0.706. The first-order valence-electron chi connectivity index (χ1n) is 11.0. The SMILES string of the molecule is Cc1ncc(C(=O)Nc2cc(Cl)cc(CN3CCN(C(=O)OC(C)(C)C)[C@H](C)C3)c2C)cn1. The zero-order valence-electron chi connectivity index (χ0n) is 20.1. The van der Waals surface area contributed by atoms with E-state index in [1.807, 2.05) is 40.7 Å². The molecule has 0 aliphatic carbocycles. The number of anilines is 1. The van der Waals surface area contributed by atoms with Crippen LogP contribution in [0.15, 0.2) is 24.5 Å². The lowest BCUT2D eigenvalue weighted by Crippen LogP contribution is -2.54. The molecule has 2 aromatic rings. The molecule has 0 saturated carbocycles. The number of hydrogen-bond donors (Lipinski definition) is 1. The van der Waals surface area contributed by atoms with Crippen molar-refractivity contribution in [3.8, 4) is 0 Å². The van der Waals surface area contributed by atoms with E-state index in [1.54, 1.807) is 17.9 Å². The number of aryl methyl sites for hydroxylation is 1. The smallest absolute Gasteiger partial charge is 0.410 e. The van der Waals surface area contributed by atoms with Crippen molar-refractivity contribution in [3.05, 3.63) is 52.1 Å². The number of benzene rings is 1. The molecule has 33 heavy (non-hydrogen) atoms. The third kappa shape index (κ3) is 6.65. The van der Waals surface area contributed by atoms with E-state index in [-0.39, 0.29) is 18.0 Å². The number of nitrogens with zero attached hydrogens (tertiary/aromatic N) is 4. The van der Waals surface area contributed by atoms with E-state index in [4.69, 9.17) is 16.3 Å². The number of carbonyl (C=O) groups is 2. The van der Waals surface area contributed by atoms with Crippen molar-refractivity contribution in [3.63, 3.8) is 0 Å². The zero-order chi connectivity index (χ0) is 24.3. The van der Waals surface area contributed by atoms with Crippen molar-refractivity contribution in [2.75, 3.05) is 25.0 Å². The minimum absolute atomic E-state index is 0.0220. The van der Waals surface area contributed by atoms with Crippen LogP contribution in [0.1, 0.15) is 55.0 Å². The zero-order valence-corrected chi connectivity index (χ0v) is 20.9. The van der Waals surface area contributed by atoms with Gasteiger partial charge in [0.05, 0.1) is 5.56 Å². The molecule has 1 aliphatic rings. The number of carbonyl (C=O) groups excluding carboxylic acids is 2. The third-order valence-electron chi connectivity index (χ3n) is 5.50. The van der Waals surface area contributed by atoms with Crippen LogP contribution in [0.5, 0.6) is 0 Å². The summed E-state index contributed by atoms with van der Waals surface area (Å²) in [5.41, 5.74) is 2.49. The molecular weight excluding hydrogens is 442 g/mol. The maximum Gasteiger partial charge on any atom is 0.410 e. The summed E-state index contributed by atoms with van der Waals surface area (Å²) in [6, 6.07) is 3.69. The number of amides is 2. The number of hydrogen-bond acceptors (Lipinski definition) is 6. The van der Waals surface area contributed by atoms with Crippen molar-refractivity contribution < 1.29 is 14.3 Å². The molecule has 1 atom stereocenters. The van der Waals surface area contributed by atoms with Gasteiger partial charge in [0.15, 0.2) is 0 Å². The highest BCUT2D eigenvalue weighted by atomic mass is 35.5. The molecule has 8 nitrogen and oxygen atoms in total. The van der Waals surface area contributed by atoms with E-state index >= 15 is 0 Å². The molecule has 1 aliphatic heterocycles. The molecule has 9 heteroatoms. The van der Waals surface area contributed by atoms with Crippen LogP contribution in [0.25, 0.3) is 0 Å². The second kappa shape index (κ2) is 10.1. The molecule has 0 radical (unpaired) electrons. The monoisotopic (exact) mass is 473 g/mol. The Bertz CT molecular complexity index is 1020. The molecule has 1 fully saturated rings. The highest BCUT2D eigenvalue weighted by Crippen LogP contribution is 2.27. The average Bonchev–Trinajstić information content (AvgIpc) is 2.70. The Morgan fingerprint density at radius 2 is 1.85 bits per heavy atom. The van der Waals surface area contributed by atoms with Crippen LogP contribution in [0, 0.1) is 13.8 Å². The largest absolute Gasteiger partial charge is 0.444 e. The number of halogens is 1. The molecule has 1 N–H and O–H groups in total. The highest BCUT2D eigenvalue weighted by Gasteiger charge is 2.31. The van der Waals surface area contributed by atoms with Crippen molar-refractivity contribution in [2.45, 2.75) is 59.7 Å². The van der Waals surface area contributed by atoms with Gasteiger partial charge in [0.2, 0.25) is 0 Å². The van der Waals surface area contributed by atoms with E-state index in [0.29, 0.717) is 41.7 Å². The number of aromatic nitrogens is 2. The minimum atomic E-state index is -0.516. The van der Waals surface area contributed by atoms with Gasteiger partial charge in [-0.25, -0.2) is 14.8 Å². The van der Waals surface area contributed by atoms with E-state index in [1.165, 1.54) is 12.4 Å². The van der Waals surface area contributed by atoms with E-state index in [2.05, 4.69) is 20.2 Å². The predicted molar refractivity (Wildman–Crippen MR) is 129 cm³/mol. The van der Waals surface area contributed by atoms with E-state index < -0.39 is 5.60 Å². The maximum absolute atomic E-state index is 12.6. The standard InChI is InChI=1S/C24H32ClN5O3/c1-15-13-29(7-8-30(15)23(32)33-24(4,5)6)14-18-9-20(25)10-21(16(18)2)28-22(31)19-11-26-17(3)27-12-19/h9-12,15H,7-8,13-14H2,1-6H3,(H,28,31)/t15-/m1/s1. The Kier molecular flexibility index (Phi) is 7.59. The summed E-state index contributed by atoms with van der Waals surface area (Å²) in [6.07, 6.45) is 2.73. The second-order valence-corrected chi connectivity index (χ2v) is 9.90. The number of nitrogens with one attached hydrogen (secondary N) is 1. The van der Waals surface area contributed by atoms with Gasteiger partial charge in [-0.1, -0.05) is 11.6 Å². The van der Waals surface area contributed by atoms with Crippen LogP contribution >= 0.6 is 11.6 Å². The van der Waals surface area contributed by atoms with Gasteiger partial charge in [0.1, 0.15) is 11.4 Å². The van der Waals surface area contributed by atoms with Gasteiger partial charge in [-0.2, -0.15) is 0 Å². The molecule has 2 heterocycles. The average molecular weight is 474 g/mol. The lowest BCUT2D eigenvalue weighted by molar-refractivity contribution is 0.000535. The molecule has 0 unspecified atom stereocenters. The Morgan fingerprint density at radius 1 is 1.18 bits per heavy atom. The molecule has 0 bridgehead atoms. The summed E-state index contributed by atoms with van der Waals surface area (Å²) in [7, 11) is 0. The van der Waals surface area contributed by atoms with Crippen LogP contribution in [0.2, 0.25) is 5.02 Å². The van der Waals surface area contributed by atoms with Crippen LogP contribution in [-0.2, 0) is 11.3 Å². The molecule has 1 saturated heterocycles. The Balaban J connectivity index is 1.68. The predicted octanol–water partition coefficient (Wildman–Crippen LogP) is 4.44. The first kappa shape index (κ1) is 24.9. The number of rotatable bonds is 4. The maximum atomic E-state index is 12.6. The summed E-state index contributed by atoms with van der Waals surface area (Å²) in [5.74, 6) is 0.319. The van der Waals surface area contributed by atoms with Gasteiger partial charge in [-0.15, -0.1) is 0 Å². The Hall–Kier alpha value is -2.71. The van der Waals surface area contributed by atoms with Gasteiger partial charge < -0.3 is 15.0 Å². The summed E-state index contributed by atoms with van der Waals surface area (Å²) < 4.78 is 5.53. The fourth-order valence-corrected chi connectivity index (χ4v) is 3.98. The van der Waals surface area contributed by atoms with Gasteiger partial charge in [-0.05, 0) is 64.8 Å². The van der Waals surface area contributed by atoms with E-state index in [0.717, 1.165) is 17.7 Å². The molecule has 1 aromatic heterocycles. The van der Waals surface area contributed by atoms with Crippen LogP contribution in [0.4, 0.5) is 10.5 Å². The lowest BCUT2D eigenvalue weighted by Gasteiger charge is -2.40. The van der Waals surface area contributed by atoms with Crippen molar-refractivity contribution >= 4 is 29.3 Å². The van der Waals surface area contributed by atoms with Crippen molar-refractivity contribution in [2.24, 2.45) is 0 Å². The molecule has 178 valence electrons. The van der Waals surface area contributed by atoms with Crippen LogP contribution in [-0.4, -0.2) is 63.0 Å². The lowest BCUT2D eigenvalue weighted by atomic mass is 10.0. The fraction of sp³-hybridized carbons (Fsp3) is 0.500. The minimum Gasteiger partial charge on any atom is -0.444 e. The van der Waals surface area contributed by atoms with Gasteiger partial charge >= 0.3 is 6.09 Å². The Morgan fingerprint density at radius 3 is 2.45 bits per heavy atom. The topological polar surface area (TPSA) is 87.7 Å². The molecule has 0 spiro atoms.